The number of pyridine rings is 1. The molecule has 0 fully saturated rings. The molecule has 0 aliphatic rings. The van der Waals surface area contributed by atoms with Crippen LogP contribution in [-0.2, 0) is 0 Å². The summed E-state index contributed by atoms with van der Waals surface area (Å²) < 4.78 is 25.1. The largest absolute Gasteiger partial charge is 0.397 e. The van der Waals surface area contributed by atoms with E-state index in [0.717, 1.165) is 21.8 Å². The zero-order valence-electron chi connectivity index (χ0n) is 11.3. The highest BCUT2D eigenvalue weighted by atomic mass is 32.1. The van der Waals surface area contributed by atoms with Crippen molar-refractivity contribution in [3.05, 3.63) is 22.7 Å². The van der Waals surface area contributed by atoms with E-state index < -0.39 is 18.9 Å². The molecule has 8 heteroatoms. The van der Waals surface area contributed by atoms with Crippen molar-refractivity contribution in [1.29, 1.82) is 0 Å². The summed E-state index contributed by atoms with van der Waals surface area (Å²) in [5.41, 5.74) is 7.10. The number of anilines is 1. The van der Waals surface area contributed by atoms with Gasteiger partial charge in [0, 0.05) is 18.1 Å². The number of aliphatic hydroxyl groups excluding tert-OH is 1. The summed E-state index contributed by atoms with van der Waals surface area (Å²) >= 11 is 1.07. The molecule has 0 unspecified atom stereocenters. The van der Waals surface area contributed by atoms with Gasteiger partial charge >= 0.3 is 0 Å². The lowest BCUT2D eigenvalue weighted by Crippen LogP contribution is -2.37. The molecule has 2 aromatic heterocycles. The highest BCUT2D eigenvalue weighted by molar-refractivity contribution is 7.21. The fourth-order valence-corrected chi connectivity index (χ4v) is 3.18. The third-order valence-corrected chi connectivity index (χ3v) is 4.15. The number of aromatic nitrogens is 1. The fraction of sp³-hybridized carbons (Fsp3) is 0.385. The lowest BCUT2D eigenvalue weighted by Gasteiger charge is -2.20. The summed E-state index contributed by atoms with van der Waals surface area (Å²) in [5.74, 6) is -0.607. The summed E-state index contributed by atoms with van der Waals surface area (Å²) in [4.78, 5) is 18.2. The van der Waals surface area contributed by atoms with E-state index in [1.165, 1.54) is 0 Å². The molecule has 0 radical (unpaired) electrons. The minimum Gasteiger partial charge on any atom is -0.397 e. The van der Waals surface area contributed by atoms with Crippen LogP contribution in [0.5, 0.6) is 0 Å². The van der Waals surface area contributed by atoms with Gasteiger partial charge in [0.05, 0.1) is 18.8 Å². The monoisotopic (exact) mass is 315 g/mol. The van der Waals surface area contributed by atoms with E-state index in [1.54, 1.807) is 12.3 Å². The number of aliphatic hydroxyl groups is 1. The lowest BCUT2D eigenvalue weighted by atomic mass is 10.1. The number of nitrogen functional groups attached to an aromatic ring is 1. The van der Waals surface area contributed by atoms with Crippen LogP contribution in [0.4, 0.5) is 14.5 Å². The van der Waals surface area contributed by atoms with E-state index in [2.05, 4.69) is 4.98 Å². The van der Waals surface area contributed by atoms with Gasteiger partial charge in [-0.2, -0.15) is 0 Å². The third-order valence-electron chi connectivity index (χ3n) is 3.05. The minimum absolute atomic E-state index is 0.163. The van der Waals surface area contributed by atoms with Crippen LogP contribution in [0.25, 0.3) is 10.2 Å². The molecule has 114 valence electrons. The van der Waals surface area contributed by atoms with E-state index >= 15 is 0 Å². The van der Waals surface area contributed by atoms with Crippen molar-refractivity contribution in [1.82, 2.24) is 9.88 Å². The number of fused-ring (bicyclic) bond motifs is 1. The number of alkyl halides is 2. The molecule has 0 atom stereocenters. The molecule has 0 aromatic carbocycles. The standard InChI is InChI=1S/C13H15F2N3O2S/c1-7-2-3-17-12-9(7)10(16)11(21-12)13(20)18(4-5-19)6-8(14)15/h2-3,8,19H,4-6,16H2,1H3. The molecule has 0 saturated heterocycles. The lowest BCUT2D eigenvalue weighted by molar-refractivity contribution is 0.0514. The molecule has 0 saturated carbocycles. The Morgan fingerprint density at radius 1 is 1.57 bits per heavy atom. The number of hydrogen-bond acceptors (Lipinski definition) is 5. The average molecular weight is 315 g/mol. The summed E-state index contributed by atoms with van der Waals surface area (Å²) in [6.07, 6.45) is -1.07. The van der Waals surface area contributed by atoms with E-state index in [1.807, 2.05) is 6.92 Å². The Morgan fingerprint density at radius 2 is 2.29 bits per heavy atom. The maximum absolute atomic E-state index is 12.5. The minimum atomic E-state index is -2.67. The number of nitrogens with zero attached hydrogens (tertiary/aromatic N) is 2. The van der Waals surface area contributed by atoms with E-state index in [9.17, 15) is 13.6 Å². The van der Waals surface area contributed by atoms with Gasteiger partial charge in [-0.05, 0) is 18.6 Å². The van der Waals surface area contributed by atoms with Crippen molar-refractivity contribution in [2.24, 2.45) is 0 Å². The van der Waals surface area contributed by atoms with Gasteiger partial charge in [-0.15, -0.1) is 11.3 Å². The molecule has 0 aliphatic carbocycles. The van der Waals surface area contributed by atoms with Crippen molar-refractivity contribution in [3.63, 3.8) is 0 Å². The summed E-state index contributed by atoms with van der Waals surface area (Å²) in [7, 11) is 0. The van der Waals surface area contributed by atoms with E-state index in [-0.39, 0.29) is 23.7 Å². The molecule has 0 aliphatic heterocycles. The second kappa shape index (κ2) is 6.31. The third kappa shape index (κ3) is 3.11. The molecule has 5 nitrogen and oxygen atoms in total. The number of carbonyl (C=O) groups excluding carboxylic acids is 1. The molecule has 2 aromatic rings. The number of rotatable bonds is 5. The molecule has 2 rings (SSSR count). The Labute approximate surface area is 124 Å². The van der Waals surface area contributed by atoms with Crippen LogP contribution in [0.2, 0.25) is 0 Å². The Hall–Kier alpha value is -1.80. The second-order valence-corrected chi connectivity index (χ2v) is 5.52. The SMILES string of the molecule is Cc1ccnc2sc(C(=O)N(CCO)CC(F)F)c(N)c12. The van der Waals surface area contributed by atoms with Crippen molar-refractivity contribution in [2.75, 3.05) is 25.4 Å². The van der Waals surface area contributed by atoms with Gasteiger partial charge in [-0.25, -0.2) is 13.8 Å². The van der Waals surface area contributed by atoms with Gasteiger partial charge < -0.3 is 15.7 Å². The van der Waals surface area contributed by atoms with Gasteiger partial charge in [0.1, 0.15) is 9.71 Å². The van der Waals surface area contributed by atoms with Crippen LogP contribution in [0, 0.1) is 6.92 Å². The van der Waals surface area contributed by atoms with E-state index in [0.29, 0.717) is 10.2 Å². The van der Waals surface area contributed by atoms with Crippen LogP contribution in [0.15, 0.2) is 12.3 Å². The first-order chi connectivity index (χ1) is 9.95. The van der Waals surface area contributed by atoms with Crippen molar-refractivity contribution in [3.8, 4) is 0 Å². The Kier molecular flexibility index (Phi) is 4.69. The van der Waals surface area contributed by atoms with Crippen molar-refractivity contribution in [2.45, 2.75) is 13.3 Å². The number of aryl methyl sites for hydroxylation is 1. The Morgan fingerprint density at radius 3 is 2.86 bits per heavy atom. The molecule has 0 bridgehead atoms. The number of hydrogen-bond donors (Lipinski definition) is 2. The number of halogens is 2. The van der Waals surface area contributed by atoms with Crippen LogP contribution < -0.4 is 5.73 Å². The predicted octanol–water partition coefficient (Wildman–Crippen LogP) is 1.89. The maximum atomic E-state index is 12.5. The molecule has 21 heavy (non-hydrogen) atoms. The topological polar surface area (TPSA) is 79.5 Å². The first kappa shape index (κ1) is 15.6. The summed E-state index contributed by atoms with van der Waals surface area (Å²) in [5, 5.41) is 9.59. The first-order valence-electron chi connectivity index (χ1n) is 6.27. The van der Waals surface area contributed by atoms with Gasteiger partial charge in [0.15, 0.2) is 0 Å². The number of nitrogens with two attached hydrogens (primary N) is 1. The normalized spacial score (nSPS) is 11.3. The van der Waals surface area contributed by atoms with Gasteiger partial charge in [0.25, 0.3) is 12.3 Å². The molecule has 3 N–H and O–H groups in total. The molecular weight excluding hydrogens is 300 g/mol. The fourth-order valence-electron chi connectivity index (χ4n) is 2.07. The predicted molar refractivity (Wildman–Crippen MR) is 77.8 cm³/mol. The zero-order valence-corrected chi connectivity index (χ0v) is 12.2. The average Bonchev–Trinajstić information content (AvgIpc) is 2.76. The highest BCUT2D eigenvalue weighted by Crippen LogP contribution is 2.35. The smallest absolute Gasteiger partial charge is 0.266 e. The molecule has 0 spiro atoms. The van der Waals surface area contributed by atoms with Crippen LogP contribution in [0.3, 0.4) is 0 Å². The van der Waals surface area contributed by atoms with Gasteiger partial charge in [-0.1, -0.05) is 0 Å². The number of amides is 1. The van der Waals surface area contributed by atoms with Gasteiger partial charge in [0.2, 0.25) is 0 Å². The van der Waals surface area contributed by atoms with Crippen LogP contribution in [0.1, 0.15) is 15.2 Å². The van der Waals surface area contributed by atoms with E-state index in [4.69, 9.17) is 10.8 Å². The molecule has 1 amide bonds. The quantitative estimate of drug-likeness (QED) is 0.883. The molecule has 2 heterocycles. The number of thiophene rings is 1. The van der Waals surface area contributed by atoms with Crippen LogP contribution in [-0.4, -0.2) is 47.0 Å². The second-order valence-electron chi connectivity index (χ2n) is 4.52. The highest BCUT2D eigenvalue weighted by Gasteiger charge is 2.25. The summed E-state index contributed by atoms with van der Waals surface area (Å²) in [6.45, 7) is 0.551. The first-order valence-corrected chi connectivity index (χ1v) is 7.09. The van der Waals surface area contributed by atoms with Gasteiger partial charge in [-0.3, -0.25) is 4.79 Å². The van der Waals surface area contributed by atoms with Crippen molar-refractivity contribution < 1.29 is 18.7 Å². The molecular formula is C13H15F2N3O2S. The number of carbonyl (C=O) groups is 1. The maximum Gasteiger partial charge on any atom is 0.266 e. The zero-order chi connectivity index (χ0) is 15.6. The van der Waals surface area contributed by atoms with Crippen molar-refractivity contribution >= 4 is 33.1 Å². The Balaban J connectivity index is 2.42. The van der Waals surface area contributed by atoms with Crippen LogP contribution >= 0.6 is 11.3 Å². The Bertz CT molecular complexity index is 660. The summed E-state index contributed by atoms with van der Waals surface area (Å²) in [6, 6.07) is 1.77.